The molecule has 1 atom stereocenters. The molecule has 1 aromatic heterocycles. The summed E-state index contributed by atoms with van der Waals surface area (Å²) in [6.07, 6.45) is 5.46. The number of fused-ring (bicyclic) bond motifs is 1. The predicted molar refractivity (Wildman–Crippen MR) is 144 cm³/mol. The highest BCUT2D eigenvalue weighted by atomic mass is 16.5. The third kappa shape index (κ3) is 7.53. The van der Waals surface area contributed by atoms with Gasteiger partial charge in [-0.2, -0.15) is 0 Å². The summed E-state index contributed by atoms with van der Waals surface area (Å²) in [6.45, 7) is 9.23. The Morgan fingerprint density at radius 1 is 1.14 bits per heavy atom. The number of rotatable bonds is 9. The Balaban J connectivity index is 0.00000176. The van der Waals surface area contributed by atoms with E-state index in [4.69, 9.17) is 9.72 Å². The number of amides is 1. The minimum absolute atomic E-state index is 0.0130. The molecule has 2 N–H and O–H groups in total. The van der Waals surface area contributed by atoms with E-state index in [2.05, 4.69) is 27.7 Å². The average Bonchev–Trinajstić information content (AvgIpc) is 2.93. The number of carbonyl (C=O) groups is 2. The molecule has 1 saturated heterocycles. The van der Waals surface area contributed by atoms with E-state index in [0.717, 1.165) is 62.1 Å². The highest BCUT2D eigenvalue weighted by Crippen LogP contribution is 2.28. The smallest absolute Gasteiger partial charge is 0.327 e. The standard InChI is InChI=1S/C27H36N4O3.C2H6/c1-2-34-27(33)24(20-8-4-3-5-9-20)31-18-14-22(15-19-31)26(32)29-17-7-11-23-13-12-21-10-6-16-28-25(21)30-23;1-2/h3-5,8-9,12-13,22,24H,2,6-7,10-11,14-19H2,1H3,(H,28,30)(H,29,32);1-2H3. The molecule has 3 heterocycles. The van der Waals surface area contributed by atoms with Crippen molar-refractivity contribution in [1.82, 2.24) is 15.2 Å². The highest BCUT2D eigenvalue weighted by molar-refractivity contribution is 5.79. The minimum atomic E-state index is -0.413. The quantitative estimate of drug-likeness (QED) is 0.394. The van der Waals surface area contributed by atoms with Crippen molar-refractivity contribution in [3.63, 3.8) is 0 Å². The number of pyridine rings is 1. The van der Waals surface area contributed by atoms with Gasteiger partial charge in [-0.15, -0.1) is 0 Å². The second-order valence-electron chi connectivity index (χ2n) is 9.11. The van der Waals surface area contributed by atoms with E-state index in [1.54, 1.807) is 0 Å². The SMILES string of the molecule is CC.CCOC(=O)C(c1ccccc1)N1CCC(C(=O)NCCCc2ccc3c(n2)NCCC3)CC1. The average molecular weight is 495 g/mol. The lowest BCUT2D eigenvalue weighted by atomic mass is 9.93. The van der Waals surface area contributed by atoms with Gasteiger partial charge < -0.3 is 15.4 Å². The van der Waals surface area contributed by atoms with Gasteiger partial charge in [0.1, 0.15) is 11.9 Å². The van der Waals surface area contributed by atoms with E-state index < -0.39 is 6.04 Å². The summed E-state index contributed by atoms with van der Waals surface area (Å²) >= 11 is 0. The molecular weight excluding hydrogens is 452 g/mol. The van der Waals surface area contributed by atoms with E-state index >= 15 is 0 Å². The molecule has 7 nitrogen and oxygen atoms in total. The van der Waals surface area contributed by atoms with Crippen molar-refractivity contribution < 1.29 is 14.3 Å². The molecule has 7 heteroatoms. The van der Waals surface area contributed by atoms with Gasteiger partial charge in [0, 0.05) is 37.8 Å². The predicted octanol–water partition coefficient (Wildman–Crippen LogP) is 4.53. The van der Waals surface area contributed by atoms with Crippen LogP contribution in [-0.4, -0.2) is 54.5 Å². The molecule has 1 fully saturated rings. The summed E-state index contributed by atoms with van der Waals surface area (Å²) in [5, 5.41) is 6.49. The third-order valence-corrected chi connectivity index (χ3v) is 6.75. The number of benzene rings is 1. The number of hydrogen-bond acceptors (Lipinski definition) is 6. The first-order chi connectivity index (χ1) is 17.7. The zero-order valence-corrected chi connectivity index (χ0v) is 22.1. The Labute approximate surface area is 216 Å². The molecular formula is C29H42N4O3. The lowest BCUT2D eigenvalue weighted by Crippen LogP contribution is -2.44. The number of ether oxygens (including phenoxy) is 1. The molecule has 1 amide bonds. The number of hydrogen-bond donors (Lipinski definition) is 2. The van der Waals surface area contributed by atoms with Crippen LogP contribution < -0.4 is 10.6 Å². The van der Waals surface area contributed by atoms with Crippen molar-refractivity contribution in [3.8, 4) is 0 Å². The number of aryl methyl sites for hydroxylation is 2. The van der Waals surface area contributed by atoms with E-state index in [0.29, 0.717) is 26.2 Å². The van der Waals surface area contributed by atoms with Gasteiger partial charge in [-0.3, -0.25) is 9.69 Å². The second-order valence-corrected chi connectivity index (χ2v) is 9.11. The van der Waals surface area contributed by atoms with Crippen LogP contribution in [0.2, 0.25) is 0 Å². The van der Waals surface area contributed by atoms with Crippen LogP contribution in [0.5, 0.6) is 0 Å². The van der Waals surface area contributed by atoms with Crippen LogP contribution in [0.4, 0.5) is 5.82 Å². The van der Waals surface area contributed by atoms with E-state index in [1.165, 1.54) is 5.56 Å². The number of piperidine rings is 1. The fourth-order valence-corrected chi connectivity index (χ4v) is 4.91. The first-order valence-corrected chi connectivity index (χ1v) is 13.6. The Hall–Kier alpha value is -2.93. The van der Waals surface area contributed by atoms with E-state index in [1.807, 2.05) is 51.1 Å². The molecule has 4 rings (SSSR count). The van der Waals surface area contributed by atoms with Gasteiger partial charge in [-0.1, -0.05) is 50.2 Å². The molecule has 2 aromatic rings. The molecule has 0 bridgehead atoms. The maximum absolute atomic E-state index is 12.7. The Morgan fingerprint density at radius 2 is 1.89 bits per heavy atom. The van der Waals surface area contributed by atoms with Gasteiger partial charge in [0.25, 0.3) is 0 Å². The number of nitrogens with zero attached hydrogens (tertiary/aromatic N) is 2. The molecule has 0 saturated carbocycles. The van der Waals surface area contributed by atoms with Gasteiger partial charge in [0.2, 0.25) is 5.91 Å². The Bertz CT molecular complexity index is 958. The van der Waals surface area contributed by atoms with Crippen LogP contribution in [0, 0.1) is 5.92 Å². The van der Waals surface area contributed by atoms with Gasteiger partial charge in [0.05, 0.1) is 6.61 Å². The molecule has 0 spiro atoms. The summed E-state index contributed by atoms with van der Waals surface area (Å²) in [4.78, 5) is 32.3. The summed E-state index contributed by atoms with van der Waals surface area (Å²) in [5.41, 5.74) is 3.31. The summed E-state index contributed by atoms with van der Waals surface area (Å²) in [6, 6.07) is 13.6. The van der Waals surface area contributed by atoms with Gasteiger partial charge in [-0.05, 0) is 62.6 Å². The topological polar surface area (TPSA) is 83.6 Å². The highest BCUT2D eigenvalue weighted by Gasteiger charge is 2.33. The number of esters is 1. The summed E-state index contributed by atoms with van der Waals surface area (Å²) in [7, 11) is 0. The van der Waals surface area contributed by atoms with Crippen molar-refractivity contribution in [1.29, 1.82) is 0 Å². The first kappa shape index (κ1) is 27.7. The zero-order chi connectivity index (χ0) is 25.8. The normalized spacial score (nSPS) is 16.5. The summed E-state index contributed by atoms with van der Waals surface area (Å²) in [5.74, 6) is 0.909. The minimum Gasteiger partial charge on any atom is -0.465 e. The van der Waals surface area contributed by atoms with Crippen LogP contribution in [-0.2, 0) is 27.2 Å². The van der Waals surface area contributed by atoms with Crippen molar-refractivity contribution in [3.05, 3.63) is 59.3 Å². The van der Waals surface area contributed by atoms with Crippen LogP contribution in [0.3, 0.4) is 0 Å². The molecule has 0 radical (unpaired) electrons. The van der Waals surface area contributed by atoms with Crippen molar-refractivity contribution >= 4 is 17.7 Å². The van der Waals surface area contributed by atoms with Crippen LogP contribution in [0.1, 0.15) is 69.3 Å². The maximum atomic E-state index is 12.7. The third-order valence-electron chi connectivity index (χ3n) is 6.75. The van der Waals surface area contributed by atoms with Gasteiger partial charge in [-0.25, -0.2) is 9.78 Å². The van der Waals surface area contributed by atoms with Crippen LogP contribution in [0.15, 0.2) is 42.5 Å². The van der Waals surface area contributed by atoms with Crippen LogP contribution >= 0.6 is 0 Å². The molecule has 36 heavy (non-hydrogen) atoms. The van der Waals surface area contributed by atoms with Crippen molar-refractivity contribution in [2.24, 2.45) is 5.92 Å². The number of likely N-dealkylation sites (tertiary alicyclic amines) is 1. The number of nitrogens with one attached hydrogen (secondary N) is 2. The number of anilines is 1. The number of carbonyl (C=O) groups excluding carboxylic acids is 2. The monoisotopic (exact) mass is 494 g/mol. The molecule has 0 aliphatic carbocycles. The zero-order valence-electron chi connectivity index (χ0n) is 22.1. The van der Waals surface area contributed by atoms with Gasteiger partial charge in [0.15, 0.2) is 0 Å². The van der Waals surface area contributed by atoms with Crippen LogP contribution in [0.25, 0.3) is 0 Å². The lowest BCUT2D eigenvalue weighted by molar-refractivity contribution is -0.150. The van der Waals surface area contributed by atoms with E-state index in [-0.39, 0.29) is 17.8 Å². The number of aromatic nitrogens is 1. The van der Waals surface area contributed by atoms with Gasteiger partial charge >= 0.3 is 5.97 Å². The molecule has 1 unspecified atom stereocenters. The lowest BCUT2D eigenvalue weighted by Gasteiger charge is -2.36. The fraction of sp³-hybridized carbons (Fsp3) is 0.552. The largest absolute Gasteiger partial charge is 0.465 e. The Morgan fingerprint density at radius 3 is 2.61 bits per heavy atom. The molecule has 2 aliphatic heterocycles. The molecule has 2 aliphatic rings. The summed E-state index contributed by atoms with van der Waals surface area (Å²) < 4.78 is 5.35. The van der Waals surface area contributed by atoms with Crippen molar-refractivity contribution in [2.75, 3.05) is 38.1 Å². The maximum Gasteiger partial charge on any atom is 0.327 e. The molecule has 1 aromatic carbocycles. The van der Waals surface area contributed by atoms with Crippen molar-refractivity contribution in [2.45, 2.75) is 65.3 Å². The first-order valence-electron chi connectivity index (χ1n) is 13.6. The Kier molecular flexibility index (Phi) is 11.2. The van der Waals surface area contributed by atoms with E-state index in [9.17, 15) is 9.59 Å². The second kappa shape index (κ2) is 14.6. The molecule has 196 valence electrons. The fourth-order valence-electron chi connectivity index (χ4n) is 4.91.